The maximum atomic E-state index is 9.26. The summed E-state index contributed by atoms with van der Waals surface area (Å²) in [4.78, 5) is 0. The number of hydrogen-bond acceptors (Lipinski definition) is 3. The molecule has 0 radical (unpaired) electrons. The summed E-state index contributed by atoms with van der Waals surface area (Å²) in [6.45, 7) is 3.05. The second kappa shape index (κ2) is 3.50. The van der Waals surface area contributed by atoms with E-state index in [1.807, 2.05) is 6.92 Å². The number of aromatic nitrogens is 2. The van der Waals surface area contributed by atoms with E-state index in [1.165, 1.54) is 0 Å². The first kappa shape index (κ1) is 8.23. The molecule has 0 saturated carbocycles. The second-order valence-corrected chi connectivity index (χ2v) is 2.38. The molecular formula is C7H13N3O. The molecule has 4 nitrogen and oxygen atoms in total. The monoisotopic (exact) mass is 155 g/mol. The van der Waals surface area contributed by atoms with Crippen molar-refractivity contribution in [3.05, 3.63) is 18.0 Å². The number of aliphatic hydroxyl groups is 1. The predicted molar refractivity (Wildman–Crippen MR) is 41.9 cm³/mol. The van der Waals surface area contributed by atoms with Crippen LogP contribution in [0.25, 0.3) is 0 Å². The van der Waals surface area contributed by atoms with Gasteiger partial charge in [0.1, 0.15) is 0 Å². The Balaban J connectivity index is 2.71. The molecule has 0 bridgehead atoms. The third-order valence-electron chi connectivity index (χ3n) is 1.59. The van der Waals surface area contributed by atoms with E-state index in [2.05, 4.69) is 5.10 Å². The van der Waals surface area contributed by atoms with Crippen LogP contribution >= 0.6 is 0 Å². The third kappa shape index (κ3) is 1.78. The molecule has 62 valence electrons. The van der Waals surface area contributed by atoms with E-state index in [9.17, 15) is 5.11 Å². The Labute approximate surface area is 65.6 Å². The van der Waals surface area contributed by atoms with Crippen LogP contribution in [0.5, 0.6) is 0 Å². The number of nitrogens with two attached hydrogens (primary N) is 1. The summed E-state index contributed by atoms with van der Waals surface area (Å²) in [6, 6.07) is 0. The van der Waals surface area contributed by atoms with Crippen LogP contribution in [0, 0.1) is 0 Å². The van der Waals surface area contributed by atoms with Crippen LogP contribution in [0.15, 0.2) is 12.4 Å². The highest BCUT2D eigenvalue weighted by Crippen LogP contribution is 2.08. The van der Waals surface area contributed by atoms with Gasteiger partial charge in [-0.15, -0.1) is 0 Å². The van der Waals surface area contributed by atoms with E-state index in [0.29, 0.717) is 0 Å². The van der Waals surface area contributed by atoms with Gasteiger partial charge >= 0.3 is 0 Å². The zero-order chi connectivity index (χ0) is 8.27. The van der Waals surface area contributed by atoms with Crippen molar-refractivity contribution in [2.45, 2.75) is 19.6 Å². The zero-order valence-electron chi connectivity index (χ0n) is 6.57. The maximum absolute atomic E-state index is 9.26. The lowest BCUT2D eigenvalue weighted by Gasteiger charge is -2.01. The molecule has 0 aromatic carbocycles. The van der Waals surface area contributed by atoms with E-state index >= 15 is 0 Å². The van der Waals surface area contributed by atoms with Crippen LogP contribution < -0.4 is 5.73 Å². The van der Waals surface area contributed by atoms with Crippen molar-refractivity contribution in [2.24, 2.45) is 5.73 Å². The van der Waals surface area contributed by atoms with E-state index < -0.39 is 6.10 Å². The summed E-state index contributed by atoms with van der Waals surface area (Å²) in [5, 5.41) is 13.3. The molecule has 4 heteroatoms. The van der Waals surface area contributed by atoms with Crippen LogP contribution in [0.1, 0.15) is 18.6 Å². The lowest BCUT2D eigenvalue weighted by Crippen LogP contribution is -2.10. The molecule has 0 aliphatic heterocycles. The van der Waals surface area contributed by atoms with Crippen LogP contribution in [0.4, 0.5) is 0 Å². The highest BCUT2D eigenvalue weighted by atomic mass is 16.3. The SMILES string of the molecule is CCn1cc([C@H](O)CN)cn1. The summed E-state index contributed by atoms with van der Waals surface area (Å²) >= 11 is 0. The Bertz CT molecular complexity index is 221. The molecule has 0 aliphatic carbocycles. The average molecular weight is 155 g/mol. The Morgan fingerprint density at radius 2 is 2.55 bits per heavy atom. The van der Waals surface area contributed by atoms with Gasteiger partial charge in [0.05, 0.1) is 12.3 Å². The van der Waals surface area contributed by atoms with Gasteiger partial charge in [0.15, 0.2) is 0 Å². The fourth-order valence-corrected chi connectivity index (χ4v) is 0.861. The molecule has 0 saturated heterocycles. The van der Waals surface area contributed by atoms with Crippen LogP contribution in [0.2, 0.25) is 0 Å². The third-order valence-corrected chi connectivity index (χ3v) is 1.59. The van der Waals surface area contributed by atoms with Gasteiger partial charge in [-0.3, -0.25) is 4.68 Å². The quantitative estimate of drug-likeness (QED) is 0.640. The fourth-order valence-electron chi connectivity index (χ4n) is 0.861. The molecule has 0 aliphatic rings. The summed E-state index contributed by atoms with van der Waals surface area (Å²) in [7, 11) is 0. The Morgan fingerprint density at radius 1 is 1.82 bits per heavy atom. The molecule has 3 N–H and O–H groups in total. The van der Waals surface area contributed by atoms with E-state index in [0.717, 1.165) is 12.1 Å². The molecule has 0 fully saturated rings. The molecule has 0 spiro atoms. The Morgan fingerprint density at radius 3 is 3.00 bits per heavy atom. The standard InChI is InChI=1S/C7H13N3O/c1-2-10-5-6(4-9-10)7(11)3-8/h4-5,7,11H,2-3,8H2,1H3/t7-/m1/s1. The number of aliphatic hydroxyl groups excluding tert-OH is 1. The molecule has 1 aromatic rings. The van der Waals surface area contributed by atoms with Gasteiger partial charge in [-0.1, -0.05) is 0 Å². The van der Waals surface area contributed by atoms with Gasteiger partial charge < -0.3 is 10.8 Å². The molecule has 0 amide bonds. The van der Waals surface area contributed by atoms with Crippen molar-refractivity contribution in [3.8, 4) is 0 Å². The summed E-state index contributed by atoms with van der Waals surface area (Å²) in [5.74, 6) is 0. The van der Waals surface area contributed by atoms with Gasteiger partial charge in [0.2, 0.25) is 0 Å². The van der Waals surface area contributed by atoms with Crippen molar-refractivity contribution in [2.75, 3.05) is 6.54 Å². The first-order valence-corrected chi connectivity index (χ1v) is 3.68. The van der Waals surface area contributed by atoms with E-state index in [-0.39, 0.29) is 6.54 Å². The van der Waals surface area contributed by atoms with E-state index in [1.54, 1.807) is 17.1 Å². The van der Waals surface area contributed by atoms with Gasteiger partial charge in [-0.2, -0.15) is 5.10 Å². The first-order valence-electron chi connectivity index (χ1n) is 3.68. The lowest BCUT2D eigenvalue weighted by molar-refractivity contribution is 0.186. The van der Waals surface area contributed by atoms with Crippen molar-refractivity contribution < 1.29 is 5.11 Å². The first-order chi connectivity index (χ1) is 5.27. The summed E-state index contributed by atoms with van der Waals surface area (Å²) in [5.41, 5.74) is 6.05. The Hall–Kier alpha value is -0.870. The number of hydrogen-bond donors (Lipinski definition) is 2. The van der Waals surface area contributed by atoms with Gasteiger partial charge in [-0.25, -0.2) is 0 Å². The minimum Gasteiger partial charge on any atom is -0.387 e. The largest absolute Gasteiger partial charge is 0.387 e. The van der Waals surface area contributed by atoms with Crippen LogP contribution in [-0.4, -0.2) is 21.4 Å². The van der Waals surface area contributed by atoms with Crippen LogP contribution in [-0.2, 0) is 6.54 Å². The molecular weight excluding hydrogens is 142 g/mol. The predicted octanol–water partition coefficient (Wildman–Crippen LogP) is -0.105. The van der Waals surface area contributed by atoms with Crippen molar-refractivity contribution >= 4 is 0 Å². The van der Waals surface area contributed by atoms with Gasteiger partial charge in [-0.05, 0) is 6.92 Å². The van der Waals surface area contributed by atoms with Crippen molar-refractivity contribution in [3.63, 3.8) is 0 Å². The minimum atomic E-state index is -0.574. The minimum absolute atomic E-state index is 0.245. The lowest BCUT2D eigenvalue weighted by atomic mass is 10.2. The van der Waals surface area contributed by atoms with E-state index in [4.69, 9.17) is 5.73 Å². The van der Waals surface area contributed by atoms with Gasteiger partial charge in [0, 0.05) is 24.8 Å². The summed E-state index contributed by atoms with van der Waals surface area (Å²) < 4.78 is 1.76. The molecule has 1 aromatic heterocycles. The van der Waals surface area contributed by atoms with Crippen molar-refractivity contribution in [1.82, 2.24) is 9.78 Å². The zero-order valence-corrected chi connectivity index (χ0v) is 6.57. The topological polar surface area (TPSA) is 64.1 Å². The number of nitrogens with zero attached hydrogens (tertiary/aromatic N) is 2. The van der Waals surface area contributed by atoms with Crippen LogP contribution in [0.3, 0.4) is 0 Å². The smallest absolute Gasteiger partial charge is 0.0942 e. The molecule has 1 heterocycles. The molecule has 1 rings (SSSR count). The normalized spacial score (nSPS) is 13.4. The van der Waals surface area contributed by atoms with Crippen molar-refractivity contribution in [1.29, 1.82) is 0 Å². The Kier molecular flexibility index (Phi) is 2.62. The second-order valence-electron chi connectivity index (χ2n) is 2.38. The highest BCUT2D eigenvalue weighted by molar-refractivity contribution is 5.07. The highest BCUT2D eigenvalue weighted by Gasteiger charge is 2.06. The molecule has 11 heavy (non-hydrogen) atoms. The average Bonchev–Trinajstić information content (AvgIpc) is 2.50. The maximum Gasteiger partial charge on any atom is 0.0942 e. The summed E-state index contributed by atoms with van der Waals surface area (Å²) in [6.07, 6.45) is 2.87. The number of rotatable bonds is 3. The molecule has 1 atom stereocenters. The van der Waals surface area contributed by atoms with Gasteiger partial charge in [0.25, 0.3) is 0 Å². The fraction of sp³-hybridized carbons (Fsp3) is 0.571. The molecule has 0 unspecified atom stereocenters. The number of aryl methyl sites for hydroxylation is 1.